The second-order valence-electron chi connectivity index (χ2n) is 11.4. The zero-order valence-corrected chi connectivity index (χ0v) is 26.7. The number of hydrogen-bond donors (Lipinski definition) is 5. The van der Waals surface area contributed by atoms with Crippen molar-refractivity contribution in [3.63, 3.8) is 0 Å². The molecule has 2 aromatic rings. The first-order valence-corrected chi connectivity index (χ1v) is 15.7. The van der Waals surface area contributed by atoms with Crippen molar-refractivity contribution in [1.29, 1.82) is 0 Å². The predicted octanol–water partition coefficient (Wildman–Crippen LogP) is 3.01. The summed E-state index contributed by atoms with van der Waals surface area (Å²) in [7, 11) is 1.86. The molecule has 0 saturated heterocycles. The molecule has 0 aliphatic carbocycles. The Hall–Kier alpha value is -3.35. The summed E-state index contributed by atoms with van der Waals surface area (Å²) in [5.74, 6) is -2.62. The van der Waals surface area contributed by atoms with Gasteiger partial charge in [0.2, 0.25) is 11.8 Å². The van der Waals surface area contributed by atoms with Crippen molar-refractivity contribution < 1.29 is 29.4 Å². The Kier molecular flexibility index (Phi) is 15.3. The van der Waals surface area contributed by atoms with Gasteiger partial charge >= 0.3 is 5.97 Å². The van der Waals surface area contributed by atoms with Crippen LogP contribution < -0.4 is 16.0 Å². The Morgan fingerprint density at radius 3 is 2.35 bits per heavy atom. The minimum Gasteiger partial charge on any atom is -0.481 e. The summed E-state index contributed by atoms with van der Waals surface area (Å²) in [4.78, 5) is 55.5. The lowest BCUT2D eigenvalue weighted by molar-refractivity contribution is -0.141. The number of aliphatic hydroxyl groups excluding tert-OH is 1. The van der Waals surface area contributed by atoms with Crippen molar-refractivity contribution in [2.45, 2.75) is 78.0 Å². The second-order valence-corrected chi connectivity index (χ2v) is 12.3. The third-order valence-electron chi connectivity index (χ3n) is 7.14. The van der Waals surface area contributed by atoms with Gasteiger partial charge in [0.05, 0.1) is 19.0 Å². The molecule has 4 atom stereocenters. The molecule has 0 fully saturated rings. The molecule has 1 heterocycles. The lowest BCUT2D eigenvalue weighted by Crippen LogP contribution is -2.46. The van der Waals surface area contributed by atoms with Crippen LogP contribution in [0.5, 0.6) is 0 Å². The van der Waals surface area contributed by atoms with Crippen LogP contribution in [0.2, 0.25) is 0 Å². The number of aliphatic hydroxyl groups is 1. The summed E-state index contributed by atoms with van der Waals surface area (Å²) < 4.78 is 0. The van der Waals surface area contributed by atoms with E-state index in [9.17, 15) is 29.4 Å². The zero-order valence-electron chi connectivity index (χ0n) is 25.8. The van der Waals surface area contributed by atoms with Crippen LogP contribution in [0, 0.1) is 11.8 Å². The van der Waals surface area contributed by atoms with Gasteiger partial charge in [-0.3, -0.25) is 24.1 Å². The lowest BCUT2D eigenvalue weighted by Gasteiger charge is -2.24. The molecule has 0 saturated carbocycles. The first-order valence-electron chi connectivity index (χ1n) is 14.8. The van der Waals surface area contributed by atoms with Gasteiger partial charge in [0, 0.05) is 23.9 Å². The molecule has 0 spiro atoms. The number of hydrogen-bond acceptors (Lipinski definition) is 8. The van der Waals surface area contributed by atoms with Crippen molar-refractivity contribution in [2.24, 2.45) is 11.8 Å². The van der Waals surface area contributed by atoms with Crippen molar-refractivity contribution in [1.82, 2.24) is 25.8 Å². The third-order valence-corrected chi connectivity index (χ3v) is 8.09. The highest BCUT2D eigenvalue weighted by Gasteiger charge is 2.26. The molecule has 0 aliphatic rings. The smallest absolute Gasteiger partial charge is 0.306 e. The van der Waals surface area contributed by atoms with Crippen LogP contribution in [0.4, 0.5) is 0 Å². The fraction of sp³-hybridized carbons (Fsp3) is 0.581. The number of aliphatic carboxylic acids is 1. The molecule has 1 aromatic heterocycles. The number of aromatic nitrogens is 1. The van der Waals surface area contributed by atoms with Crippen molar-refractivity contribution >= 4 is 35.0 Å². The highest BCUT2D eigenvalue weighted by Crippen LogP contribution is 2.25. The highest BCUT2D eigenvalue weighted by atomic mass is 32.1. The summed E-state index contributed by atoms with van der Waals surface area (Å²) in [5.41, 5.74) is 1.11. The molecule has 0 radical (unpaired) electrons. The van der Waals surface area contributed by atoms with Crippen LogP contribution in [0.1, 0.15) is 80.5 Å². The van der Waals surface area contributed by atoms with E-state index in [1.165, 1.54) is 0 Å². The van der Waals surface area contributed by atoms with Gasteiger partial charge in [-0.05, 0) is 44.3 Å². The van der Waals surface area contributed by atoms with Crippen molar-refractivity contribution in [3.05, 3.63) is 52.0 Å². The number of thiazole rings is 1. The summed E-state index contributed by atoms with van der Waals surface area (Å²) in [6, 6.07) is 8.70. The molecule has 0 bridgehead atoms. The predicted molar refractivity (Wildman–Crippen MR) is 167 cm³/mol. The first kappa shape index (κ1) is 35.8. The zero-order chi connectivity index (χ0) is 31.9. The highest BCUT2D eigenvalue weighted by molar-refractivity contribution is 7.09. The van der Waals surface area contributed by atoms with E-state index in [4.69, 9.17) is 0 Å². The van der Waals surface area contributed by atoms with Crippen LogP contribution in [0.3, 0.4) is 0 Å². The first-order chi connectivity index (χ1) is 20.4. The van der Waals surface area contributed by atoms with Crippen molar-refractivity contribution in [2.75, 3.05) is 26.7 Å². The second kappa shape index (κ2) is 18.3. The van der Waals surface area contributed by atoms with Gasteiger partial charge < -0.3 is 26.2 Å². The number of benzene rings is 1. The molecule has 2 rings (SSSR count). The number of nitrogens with one attached hydrogen (secondary N) is 3. The maximum atomic E-state index is 13.1. The SMILES string of the molecule is CCCCN(C)CC(=O)NCC(=O)NC(CC(O)c1nc(C(=O)NC(Cc2ccccc2)CC(C)C(=O)O)cs1)C(C)C. The van der Waals surface area contributed by atoms with E-state index < -0.39 is 29.9 Å². The summed E-state index contributed by atoms with van der Waals surface area (Å²) in [6.07, 6.45) is 1.91. The Morgan fingerprint density at radius 2 is 1.72 bits per heavy atom. The molecular weight excluding hydrogens is 570 g/mol. The number of nitrogens with zero attached hydrogens (tertiary/aromatic N) is 2. The minimum atomic E-state index is -1.02. The molecule has 238 valence electrons. The molecule has 3 amide bonds. The monoisotopic (exact) mass is 617 g/mol. The van der Waals surface area contributed by atoms with Gasteiger partial charge in [-0.1, -0.05) is 64.4 Å². The van der Waals surface area contributed by atoms with Gasteiger partial charge in [-0.15, -0.1) is 11.3 Å². The Labute approximate surface area is 258 Å². The number of unbranched alkanes of at least 4 members (excludes halogenated alkanes) is 1. The molecular formula is C31H47N5O6S. The standard InChI is InChI=1S/C31H47N5O6S/c1-6-7-13-36(5)18-28(39)32-17-27(38)34-24(20(2)3)16-26(37)30-35-25(19-43-30)29(40)33-23(14-21(4)31(41)42)15-22-11-9-8-10-12-22/h8-12,19-21,23-24,26,37H,6-7,13-18H2,1-5H3,(H,32,39)(H,33,40)(H,34,38)(H,41,42). The normalized spacial score (nSPS) is 14.1. The van der Waals surface area contributed by atoms with Crippen molar-refractivity contribution in [3.8, 4) is 0 Å². The van der Waals surface area contributed by atoms with Crippen LogP contribution >= 0.6 is 11.3 Å². The Bertz CT molecular complexity index is 1170. The number of carbonyl (C=O) groups is 4. The van der Waals surface area contributed by atoms with Gasteiger partial charge in [-0.2, -0.15) is 0 Å². The maximum Gasteiger partial charge on any atom is 0.306 e. The van der Waals surface area contributed by atoms with Crippen LogP contribution in [0.25, 0.3) is 0 Å². The number of carbonyl (C=O) groups excluding carboxylic acids is 3. The molecule has 12 heteroatoms. The summed E-state index contributed by atoms with van der Waals surface area (Å²) >= 11 is 1.14. The average molecular weight is 618 g/mol. The Morgan fingerprint density at radius 1 is 1.02 bits per heavy atom. The van der Waals surface area contributed by atoms with E-state index in [-0.39, 0.29) is 55.4 Å². The molecule has 5 N–H and O–H groups in total. The fourth-order valence-corrected chi connectivity index (χ4v) is 5.30. The van der Waals surface area contributed by atoms with Gasteiger partial charge in [0.15, 0.2) is 0 Å². The number of carboxylic acids is 1. The van der Waals surface area contributed by atoms with Crippen LogP contribution in [0.15, 0.2) is 35.7 Å². The van der Waals surface area contributed by atoms with E-state index in [2.05, 4.69) is 27.9 Å². The van der Waals surface area contributed by atoms with E-state index >= 15 is 0 Å². The van der Waals surface area contributed by atoms with E-state index in [0.29, 0.717) is 11.4 Å². The number of carboxylic acid groups (broad SMARTS) is 1. The fourth-order valence-electron chi connectivity index (χ4n) is 4.51. The number of likely N-dealkylation sites (N-methyl/N-ethyl adjacent to an activating group) is 1. The topological polar surface area (TPSA) is 161 Å². The molecule has 1 aromatic carbocycles. The van der Waals surface area contributed by atoms with Gasteiger partial charge in [0.1, 0.15) is 16.8 Å². The summed E-state index contributed by atoms with van der Waals surface area (Å²) in [6.45, 7) is 8.39. The van der Waals surface area contributed by atoms with Gasteiger partial charge in [0.25, 0.3) is 5.91 Å². The third kappa shape index (κ3) is 13.2. The van der Waals surface area contributed by atoms with E-state index in [1.807, 2.05) is 56.1 Å². The molecule has 4 unspecified atom stereocenters. The van der Waals surface area contributed by atoms with Crippen LogP contribution in [-0.4, -0.2) is 82.6 Å². The molecule has 11 nitrogen and oxygen atoms in total. The molecule has 43 heavy (non-hydrogen) atoms. The Balaban J connectivity index is 1.96. The van der Waals surface area contributed by atoms with Crippen LogP contribution in [-0.2, 0) is 20.8 Å². The minimum absolute atomic E-state index is 0.00724. The van der Waals surface area contributed by atoms with Gasteiger partial charge in [-0.25, -0.2) is 4.98 Å². The lowest BCUT2D eigenvalue weighted by atomic mass is 9.96. The summed E-state index contributed by atoms with van der Waals surface area (Å²) in [5, 5.41) is 30.7. The number of amides is 3. The molecule has 0 aliphatic heterocycles. The largest absolute Gasteiger partial charge is 0.481 e. The van der Waals surface area contributed by atoms with E-state index in [1.54, 1.807) is 12.3 Å². The quantitative estimate of drug-likeness (QED) is 0.161. The maximum absolute atomic E-state index is 13.1. The van der Waals surface area contributed by atoms with E-state index in [0.717, 1.165) is 36.3 Å². The number of rotatable bonds is 19. The average Bonchev–Trinajstić information content (AvgIpc) is 3.46.